The Hall–Kier alpha value is -3.52. The molecule has 2 amide bonds. The third-order valence-corrected chi connectivity index (χ3v) is 6.39. The normalized spacial score (nSPS) is 17.4. The van der Waals surface area contributed by atoms with Crippen molar-refractivity contribution in [3.05, 3.63) is 53.8 Å². The highest BCUT2D eigenvalue weighted by Crippen LogP contribution is 2.41. The number of methoxy groups -OCH3 is 1. The van der Waals surface area contributed by atoms with Crippen molar-refractivity contribution in [2.24, 2.45) is 0 Å². The zero-order valence-corrected chi connectivity index (χ0v) is 20.0. The van der Waals surface area contributed by atoms with Crippen LogP contribution in [-0.2, 0) is 4.79 Å². The highest BCUT2D eigenvalue weighted by atomic mass is 35.5. The molecular formula is C25H25ClN4O4. The van der Waals surface area contributed by atoms with Crippen LogP contribution in [0.2, 0.25) is 5.02 Å². The van der Waals surface area contributed by atoms with E-state index in [1.807, 2.05) is 42.2 Å². The van der Waals surface area contributed by atoms with Gasteiger partial charge >= 0.3 is 6.09 Å². The minimum absolute atomic E-state index is 0.0876. The maximum Gasteiger partial charge on any atom is 0.420 e. The first-order valence-electron chi connectivity index (χ1n) is 11.2. The van der Waals surface area contributed by atoms with E-state index in [1.165, 1.54) is 14.0 Å². The van der Waals surface area contributed by atoms with Crippen molar-refractivity contribution >= 4 is 35.0 Å². The Morgan fingerprint density at radius 2 is 1.85 bits per heavy atom. The van der Waals surface area contributed by atoms with E-state index in [4.69, 9.17) is 21.1 Å². The van der Waals surface area contributed by atoms with Gasteiger partial charge < -0.3 is 14.4 Å². The number of fused-ring (bicyclic) bond motifs is 1. The quantitative estimate of drug-likeness (QED) is 0.506. The summed E-state index contributed by atoms with van der Waals surface area (Å²) in [4.78, 5) is 29.1. The summed E-state index contributed by atoms with van der Waals surface area (Å²) in [6.07, 6.45) is 5.57. The number of rotatable bonds is 4. The number of carbonyl (C=O) groups excluding carboxylic acids is 2. The Morgan fingerprint density at radius 1 is 1.06 bits per heavy atom. The molecule has 1 saturated carbocycles. The molecule has 0 unspecified atom stereocenters. The minimum atomic E-state index is -0.567. The van der Waals surface area contributed by atoms with Crippen LogP contribution in [-0.4, -0.2) is 41.5 Å². The van der Waals surface area contributed by atoms with Gasteiger partial charge in [0.1, 0.15) is 0 Å². The van der Waals surface area contributed by atoms with Crippen LogP contribution in [0.25, 0.3) is 11.1 Å². The SMILES string of the molecule is COc1cc(Cl)ccc1OC(=O)N1C[C@H](C)N(C(C)=O)c2ccc(-c3cnn(C4CC4)c3)cc21. The van der Waals surface area contributed by atoms with E-state index < -0.39 is 6.09 Å². The Labute approximate surface area is 202 Å². The van der Waals surface area contributed by atoms with Gasteiger partial charge in [-0.05, 0) is 49.6 Å². The Bertz CT molecular complexity index is 1270. The highest BCUT2D eigenvalue weighted by molar-refractivity contribution is 6.30. The molecule has 0 radical (unpaired) electrons. The van der Waals surface area contributed by atoms with Crippen molar-refractivity contribution in [2.45, 2.75) is 38.8 Å². The van der Waals surface area contributed by atoms with Crippen LogP contribution >= 0.6 is 11.6 Å². The predicted molar refractivity (Wildman–Crippen MR) is 130 cm³/mol. The molecular weight excluding hydrogens is 456 g/mol. The van der Waals surface area contributed by atoms with Crippen molar-refractivity contribution in [2.75, 3.05) is 23.5 Å². The molecule has 0 spiro atoms. The van der Waals surface area contributed by atoms with Crippen LogP contribution in [0.1, 0.15) is 32.7 Å². The number of halogens is 1. The molecule has 3 aromatic rings. The molecule has 1 atom stereocenters. The second-order valence-corrected chi connectivity index (χ2v) is 9.09. The summed E-state index contributed by atoms with van der Waals surface area (Å²) in [6, 6.07) is 10.8. The number of benzene rings is 2. The van der Waals surface area contributed by atoms with Crippen molar-refractivity contribution in [1.29, 1.82) is 0 Å². The molecule has 2 heterocycles. The van der Waals surface area contributed by atoms with Gasteiger partial charge in [-0.3, -0.25) is 14.4 Å². The molecule has 0 N–H and O–H groups in total. The van der Waals surface area contributed by atoms with Gasteiger partial charge in [0.05, 0.1) is 36.8 Å². The number of ether oxygens (including phenoxy) is 2. The highest BCUT2D eigenvalue weighted by Gasteiger charge is 2.35. The Kier molecular flexibility index (Phi) is 5.69. The standard InChI is InChI=1S/C25H25ClN4O4/c1-15-13-28(25(32)34-23-9-5-19(26)11-24(23)33-3)22-10-17(4-8-21(22)30(15)16(2)31)18-12-27-29(14-18)20-6-7-20/h4-5,8-12,14-15,20H,6-7,13H2,1-3H3/t15-/m0/s1. The summed E-state index contributed by atoms with van der Waals surface area (Å²) in [7, 11) is 1.49. The minimum Gasteiger partial charge on any atom is -0.493 e. The summed E-state index contributed by atoms with van der Waals surface area (Å²) >= 11 is 6.04. The lowest BCUT2D eigenvalue weighted by atomic mass is 10.0. The largest absolute Gasteiger partial charge is 0.493 e. The summed E-state index contributed by atoms with van der Waals surface area (Å²) in [5.41, 5.74) is 3.12. The lowest BCUT2D eigenvalue weighted by Crippen LogP contribution is -2.52. The molecule has 8 nitrogen and oxygen atoms in total. The van der Waals surface area contributed by atoms with Gasteiger partial charge in [0, 0.05) is 36.3 Å². The first-order chi connectivity index (χ1) is 16.4. The second-order valence-electron chi connectivity index (χ2n) is 8.66. The van der Waals surface area contributed by atoms with Crippen molar-refractivity contribution in [1.82, 2.24) is 9.78 Å². The molecule has 0 saturated heterocycles. The fourth-order valence-electron chi connectivity index (χ4n) is 4.36. The third kappa shape index (κ3) is 4.09. The predicted octanol–water partition coefficient (Wildman–Crippen LogP) is 5.31. The van der Waals surface area contributed by atoms with Crippen LogP contribution in [0, 0.1) is 0 Å². The van der Waals surface area contributed by atoms with Crippen LogP contribution in [0.15, 0.2) is 48.8 Å². The fourth-order valence-corrected chi connectivity index (χ4v) is 4.52. The summed E-state index contributed by atoms with van der Waals surface area (Å²) in [5, 5.41) is 4.95. The van der Waals surface area contributed by atoms with E-state index in [0.717, 1.165) is 24.0 Å². The van der Waals surface area contributed by atoms with Crippen LogP contribution in [0.3, 0.4) is 0 Å². The van der Waals surface area contributed by atoms with Crippen molar-refractivity contribution in [3.63, 3.8) is 0 Å². The number of nitrogens with zero attached hydrogens (tertiary/aromatic N) is 4. The van der Waals surface area contributed by atoms with Crippen LogP contribution in [0.4, 0.5) is 16.2 Å². The number of anilines is 2. The van der Waals surface area contributed by atoms with Gasteiger partial charge in [0.15, 0.2) is 11.5 Å². The second kappa shape index (κ2) is 8.68. The number of hydrogen-bond donors (Lipinski definition) is 0. The lowest BCUT2D eigenvalue weighted by Gasteiger charge is -2.40. The van der Waals surface area contributed by atoms with E-state index in [2.05, 4.69) is 5.10 Å². The summed E-state index contributed by atoms with van der Waals surface area (Å²) < 4.78 is 13.0. The number of hydrogen-bond acceptors (Lipinski definition) is 5. The fraction of sp³-hybridized carbons (Fsp3) is 0.320. The van der Waals surface area contributed by atoms with Gasteiger partial charge in [-0.15, -0.1) is 0 Å². The van der Waals surface area contributed by atoms with Crippen molar-refractivity contribution < 1.29 is 19.1 Å². The molecule has 176 valence electrons. The van der Waals surface area contributed by atoms with Crippen LogP contribution in [0.5, 0.6) is 11.5 Å². The maximum atomic E-state index is 13.4. The average molecular weight is 481 g/mol. The smallest absolute Gasteiger partial charge is 0.420 e. The molecule has 9 heteroatoms. The third-order valence-electron chi connectivity index (χ3n) is 6.15. The molecule has 2 aromatic carbocycles. The van der Waals surface area contributed by atoms with Gasteiger partial charge in [-0.1, -0.05) is 17.7 Å². The summed E-state index contributed by atoms with van der Waals surface area (Å²) in [5.74, 6) is 0.537. The zero-order chi connectivity index (χ0) is 24.0. The molecule has 2 aliphatic rings. The molecule has 1 aromatic heterocycles. The van der Waals surface area contributed by atoms with Crippen molar-refractivity contribution in [3.8, 4) is 22.6 Å². The zero-order valence-electron chi connectivity index (χ0n) is 19.2. The monoisotopic (exact) mass is 480 g/mol. The number of amides is 2. The molecule has 1 aliphatic heterocycles. The van der Waals surface area contributed by atoms with E-state index in [-0.39, 0.29) is 24.2 Å². The lowest BCUT2D eigenvalue weighted by molar-refractivity contribution is -0.117. The molecule has 5 rings (SSSR count). The molecule has 1 aliphatic carbocycles. The van der Waals surface area contributed by atoms with Gasteiger partial charge in [0.25, 0.3) is 0 Å². The van der Waals surface area contributed by atoms with Gasteiger partial charge in [0.2, 0.25) is 5.91 Å². The van der Waals surface area contributed by atoms with Gasteiger partial charge in [-0.2, -0.15) is 5.10 Å². The van der Waals surface area contributed by atoms with Gasteiger partial charge in [-0.25, -0.2) is 4.79 Å². The van der Waals surface area contributed by atoms with E-state index >= 15 is 0 Å². The topological polar surface area (TPSA) is 76.9 Å². The average Bonchev–Trinajstić information content (AvgIpc) is 3.55. The number of aromatic nitrogens is 2. The van der Waals surface area contributed by atoms with E-state index in [1.54, 1.807) is 28.0 Å². The Balaban J connectivity index is 1.52. The van der Waals surface area contributed by atoms with E-state index in [0.29, 0.717) is 28.2 Å². The molecule has 0 bridgehead atoms. The molecule has 1 fully saturated rings. The Morgan fingerprint density at radius 3 is 2.56 bits per heavy atom. The van der Waals surface area contributed by atoms with E-state index in [9.17, 15) is 9.59 Å². The number of carbonyl (C=O) groups is 2. The summed E-state index contributed by atoms with van der Waals surface area (Å²) in [6.45, 7) is 3.72. The van der Waals surface area contributed by atoms with Crippen LogP contribution < -0.4 is 19.3 Å². The first kappa shape index (κ1) is 22.3. The maximum absolute atomic E-state index is 13.4. The molecule has 34 heavy (non-hydrogen) atoms. The first-order valence-corrected chi connectivity index (χ1v) is 11.5.